The summed E-state index contributed by atoms with van der Waals surface area (Å²) in [4.78, 5) is 11.5. The summed E-state index contributed by atoms with van der Waals surface area (Å²) in [6, 6.07) is 0. The van der Waals surface area contributed by atoms with Crippen molar-refractivity contribution in [2.75, 3.05) is 6.61 Å². The summed E-state index contributed by atoms with van der Waals surface area (Å²) in [5.41, 5.74) is 0.763. The maximum atomic E-state index is 11.5. The molecule has 0 saturated heterocycles. The summed E-state index contributed by atoms with van der Waals surface area (Å²) in [5, 5.41) is 0. The lowest BCUT2D eigenvalue weighted by Gasteiger charge is -2.29. The van der Waals surface area contributed by atoms with Crippen molar-refractivity contribution in [3.8, 4) is 0 Å². The van der Waals surface area contributed by atoms with Gasteiger partial charge in [0.05, 0.1) is 6.08 Å². The lowest BCUT2D eigenvalue weighted by atomic mass is 9.93. The van der Waals surface area contributed by atoms with Gasteiger partial charge in [-0.15, -0.1) is 0 Å². The third-order valence-electron chi connectivity index (χ3n) is 3.64. The highest BCUT2D eigenvalue weighted by Crippen LogP contribution is 2.40. The van der Waals surface area contributed by atoms with Crippen molar-refractivity contribution in [3.05, 3.63) is 23.5 Å². The van der Waals surface area contributed by atoms with Gasteiger partial charge in [-0.3, -0.25) is 0 Å². The van der Waals surface area contributed by atoms with Crippen molar-refractivity contribution in [1.29, 1.82) is 0 Å². The van der Waals surface area contributed by atoms with E-state index in [-0.39, 0.29) is 5.97 Å². The van der Waals surface area contributed by atoms with Crippen LogP contribution >= 0.6 is 0 Å². The number of hydrogen-bond donors (Lipinski definition) is 0. The van der Waals surface area contributed by atoms with Crippen LogP contribution < -0.4 is 0 Å². The second-order valence-electron chi connectivity index (χ2n) is 5.43. The van der Waals surface area contributed by atoms with E-state index in [0.29, 0.717) is 6.61 Å². The molecule has 18 heavy (non-hydrogen) atoms. The largest absolute Gasteiger partial charge is 0.489 e. The Bertz CT molecular complexity index is 367. The molecule has 1 heterocycles. The molecule has 3 heteroatoms. The first kappa shape index (κ1) is 13.2. The molecule has 1 fully saturated rings. The number of esters is 1. The Labute approximate surface area is 109 Å². The molecule has 0 amide bonds. The summed E-state index contributed by atoms with van der Waals surface area (Å²) in [7, 11) is 0. The summed E-state index contributed by atoms with van der Waals surface area (Å²) < 4.78 is 11.3. The highest BCUT2D eigenvalue weighted by molar-refractivity contribution is 5.86. The predicted molar refractivity (Wildman–Crippen MR) is 70.0 cm³/mol. The van der Waals surface area contributed by atoms with Crippen LogP contribution in [-0.4, -0.2) is 18.2 Å². The van der Waals surface area contributed by atoms with Gasteiger partial charge in [-0.25, -0.2) is 4.79 Å². The molecule has 0 unspecified atom stereocenters. The van der Waals surface area contributed by atoms with Gasteiger partial charge in [0, 0.05) is 0 Å². The number of allylic oxidation sites excluding steroid dienone is 1. The molecule has 0 aromatic carbocycles. The van der Waals surface area contributed by atoms with E-state index in [0.717, 1.165) is 31.4 Å². The zero-order chi connectivity index (χ0) is 13.0. The van der Waals surface area contributed by atoms with Gasteiger partial charge in [0.15, 0.2) is 5.60 Å². The zero-order valence-corrected chi connectivity index (χ0v) is 11.3. The Morgan fingerprint density at radius 3 is 2.61 bits per heavy atom. The van der Waals surface area contributed by atoms with Gasteiger partial charge in [0.2, 0.25) is 0 Å². The maximum Gasteiger partial charge on any atom is 0.335 e. The molecule has 1 saturated carbocycles. The highest BCUT2D eigenvalue weighted by Gasteiger charge is 2.44. The number of rotatable bonds is 3. The third kappa shape index (κ3) is 2.95. The molecule has 3 nitrogen and oxygen atoms in total. The third-order valence-corrected chi connectivity index (χ3v) is 3.64. The molecule has 0 aromatic rings. The van der Waals surface area contributed by atoms with Gasteiger partial charge in [0.25, 0.3) is 0 Å². The Kier molecular flexibility index (Phi) is 4.10. The number of carbonyl (C=O) groups is 1. The van der Waals surface area contributed by atoms with Gasteiger partial charge in [-0.05, 0) is 45.6 Å². The van der Waals surface area contributed by atoms with Crippen molar-refractivity contribution < 1.29 is 14.3 Å². The van der Waals surface area contributed by atoms with Gasteiger partial charge in [-0.2, -0.15) is 0 Å². The lowest BCUT2D eigenvalue weighted by molar-refractivity contribution is -0.149. The van der Waals surface area contributed by atoms with Crippen molar-refractivity contribution in [2.45, 2.75) is 58.0 Å². The van der Waals surface area contributed by atoms with Gasteiger partial charge >= 0.3 is 5.97 Å². The van der Waals surface area contributed by atoms with E-state index >= 15 is 0 Å². The van der Waals surface area contributed by atoms with Gasteiger partial charge in [-0.1, -0.05) is 18.4 Å². The normalized spacial score (nSPS) is 22.1. The second-order valence-corrected chi connectivity index (χ2v) is 5.43. The van der Waals surface area contributed by atoms with E-state index in [1.807, 2.05) is 19.9 Å². The van der Waals surface area contributed by atoms with Gasteiger partial charge in [0.1, 0.15) is 12.4 Å². The maximum absolute atomic E-state index is 11.5. The van der Waals surface area contributed by atoms with E-state index < -0.39 is 5.60 Å². The fraction of sp³-hybridized carbons (Fsp3) is 0.667. The highest BCUT2D eigenvalue weighted by atomic mass is 16.6. The first-order valence-corrected chi connectivity index (χ1v) is 6.84. The molecule has 1 spiro atoms. The van der Waals surface area contributed by atoms with Crippen LogP contribution in [0, 0.1) is 0 Å². The van der Waals surface area contributed by atoms with Crippen molar-refractivity contribution >= 4 is 5.97 Å². The van der Waals surface area contributed by atoms with Crippen LogP contribution in [0.4, 0.5) is 0 Å². The molecule has 0 bridgehead atoms. The minimum Gasteiger partial charge on any atom is -0.489 e. The Morgan fingerprint density at radius 1 is 1.33 bits per heavy atom. The number of ether oxygens (including phenoxy) is 2. The molecular formula is C15H22O3. The minimum absolute atomic E-state index is 0.246. The van der Waals surface area contributed by atoms with Crippen LogP contribution in [0.5, 0.6) is 0 Å². The molecular weight excluding hydrogens is 228 g/mol. The molecule has 0 atom stereocenters. The van der Waals surface area contributed by atoms with Crippen LogP contribution in [0.3, 0.4) is 0 Å². The van der Waals surface area contributed by atoms with E-state index in [1.165, 1.54) is 24.5 Å². The fourth-order valence-corrected chi connectivity index (χ4v) is 2.63. The second kappa shape index (κ2) is 5.59. The zero-order valence-electron chi connectivity index (χ0n) is 11.3. The van der Waals surface area contributed by atoms with Crippen molar-refractivity contribution in [3.63, 3.8) is 0 Å². The molecule has 1 aliphatic heterocycles. The molecule has 0 radical (unpaired) electrons. The molecule has 2 aliphatic rings. The summed E-state index contributed by atoms with van der Waals surface area (Å²) >= 11 is 0. The lowest BCUT2D eigenvalue weighted by Crippen LogP contribution is -2.32. The molecule has 1 aliphatic carbocycles. The first-order chi connectivity index (χ1) is 8.62. The van der Waals surface area contributed by atoms with Crippen LogP contribution in [0.1, 0.15) is 52.4 Å². The van der Waals surface area contributed by atoms with E-state index in [9.17, 15) is 4.79 Å². The van der Waals surface area contributed by atoms with E-state index in [4.69, 9.17) is 9.47 Å². The average molecular weight is 250 g/mol. The Balaban J connectivity index is 2.07. The molecule has 0 aromatic heterocycles. The summed E-state index contributed by atoms with van der Waals surface area (Å²) in [6.45, 7) is 4.59. The number of hydrogen-bond acceptors (Lipinski definition) is 3. The van der Waals surface area contributed by atoms with Crippen LogP contribution in [0.15, 0.2) is 23.5 Å². The monoisotopic (exact) mass is 250 g/mol. The van der Waals surface area contributed by atoms with Crippen LogP contribution in [0.2, 0.25) is 0 Å². The Morgan fingerprint density at radius 2 is 2.00 bits per heavy atom. The molecule has 100 valence electrons. The van der Waals surface area contributed by atoms with Crippen molar-refractivity contribution in [2.24, 2.45) is 0 Å². The summed E-state index contributed by atoms with van der Waals surface area (Å²) in [6.07, 6.45) is 10.0. The van der Waals surface area contributed by atoms with Crippen LogP contribution in [0.25, 0.3) is 0 Å². The smallest absolute Gasteiger partial charge is 0.335 e. The minimum atomic E-state index is -0.455. The van der Waals surface area contributed by atoms with Crippen LogP contribution in [-0.2, 0) is 14.3 Å². The molecule has 2 rings (SSSR count). The van der Waals surface area contributed by atoms with E-state index in [1.54, 1.807) is 0 Å². The topological polar surface area (TPSA) is 35.5 Å². The molecule has 0 N–H and O–H groups in total. The average Bonchev–Trinajstić information content (AvgIpc) is 2.49. The first-order valence-electron chi connectivity index (χ1n) is 6.84. The van der Waals surface area contributed by atoms with Crippen molar-refractivity contribution in [1.82, 2.24) is 0 Å². The quantitative estimate of drug-likeness (QED) is 0.568. The number of carbonyl (C=O) groups excluding carboxylic acids is 1. The van der Waals surface area contributed by atoms with Gasteiger partial charge < -0.3 is 9.47 Å². The Hall–Kier alpha value is -1.25. The predicted octanol–water partition coefficient (Wildman–Crippen LogP) is 3.50. The van der Waals surface area contributed by atoms with E-state index in [2.05, 4.69) is 0 Å². The standard InChI is InChI=1S/C15H22O3/c1-12(2)7-10-17-13-11-14(16)18-15(13)8-5-3-4-6-9-15/h7,11H,3-6,8-10H2,1-2H3. The SMILES string of the molecule is CC(C)=CCOC1=CC(=O)OC12CCCCCC2. The fourth-order valence-electron chi connectivity index (χ4n) is 2.63. The summed E-state index contributed by atoms with van der Waals surface area (Å²) in [5.74, 6) is 0.496.